The number of nitrogens with zero attached hydrogens (tertiary/aromatic N) is 2. The summed E-state index contributed by atoms with van der Waals surface area (Å²) in [6.07, 6.45) is 1.37. The zero-order valence-electron chi connectivity index (χ0n) is 14.7. The average Bonchev–Trinajstić information content (AvgIpc) is 2.67. The molecule has 28 heavy (non-hydrogen) atoms. The second kappa shape index (κ2) is 7.91. The number of amides is 1. The van der Waals surface area contributed by atoms with Gasteiger partial charge in [-0.25, -0.2) is 9.78 Å². The van der Waals surface area contributed by atoms with Crippen molar-refractivity contribution in [2.45, 2.75) is 6.92 Å². The van der Waals surface area contributed by atoms with Crippen molar-refractivity contribution in [3.05, 3.63) is 75.9 Å². The van der Waals surface area contributed by atoms with Crippen LogP contribution < -0.4 is 5.32 Å². The first-order valence-electron chi connectivity index (χ1n) is 8.21. The molecule has 0 spiro atoms. The van der Waals surface area contributed by atoms with Crippen LogP contribution in [0.5, 0.6) is 0 Å². The lowest BCUT2D eigenvalue weighted by Gasteiger charge is -2.06. The zero-order chi connectivity index (χ0) is 20.3. The highest BCUT2D eigenvalue weighted by Gasteiger charge is 2.12. The van der Waals surface area contributed by atoms with Crippen LogP contribution in [0, 0.1) is 18.3 Å². The van der Waals surface area contributed by atoms with Gasteiger partial charge in [0.15, 0.2) is 0 Å². The summed E-state index contributed by atoms with van der Waals surface area (Å²) in [6, 6.07) is 15.0. The molecule has 1 amide bonds. The van der Waals surface area contributed by atoms with E-state index in [1.165, 1.54) is 30.3 Å². The molecule has 2 aromatic carbocycles. The standard InChI is InChI=1S/C21H14ClN3O3/c1-12-2-7-18-14(8-12)9-15(19(22)25-18)10-16(11-23)20(26)24-17-5-3-13(4-6-17)21(27)28/h2-10H,1H3,(H,24,26)(H,27,28)/b16-10-. The molecular formula is C21H14ClN3O3. The summed E-state index contributed by atoms with van der Waals surface area (Å²) in [5, 5.41) is 21.9. The van der Waals surface area contributed by atoms with E-state index >= 15 is 0 Å². The Hall–Kier alpha value is -3.69. The predicted octanol–water partition coefficient (Wildman–Crippen LogP) is 4.44. The molecule has 0 radical (unpaired) electrons. The Labute approximate surface area is 165 Å². The summed E-state index contributed by atoms with van der Waals surface area (Å²) in [6.45, 7) is 1.95. The summed E-state index contributed by atoms with van der Waals surface area (Å²) in [4.78, 5) is 27.6. The number of aryl methyl sites for hydroxylation is 1. The van der Waals surface area contributed by atoms with Crippen LogP contribution >= 0.6 is 11.6 Å². The maximum atomic E-state index is 12.4. The van der Waals surface area contributed by atoms with Gasteiger partial charge in [0.1, 0.15) is 16.8 Å². The highest BCUT2D eigenvalue weighted by atomic mass is 35.5. The van der Waals surface area contributed by atoms with E-state index in [1.807, 2.05) is 31.2 Å². The number of aromatic carboxylic acids is 1. The van der Waals surface area contributed by atoms with Crippen LogP contribution in [0.1, 0.15) is 21.5 Å². The molecule has 0 unspecified atom stereocenters. The molecular weight excluding hydrogens is 378 g/mol. The minimum atomic E-state index is -1.07. The second-order valence-corrected chi connectivity index (χ2v) is 6.43. The minimum Gasteiger partial charge on any atom is -0.478 e. The molecule has 1 heterocycles. The smallest absolute Gasteiger partial charge is 0.335 e. The maximum absolute atomic E-state index is 12.4. The fraction of sp³-hybridized carbons (Fsp3) is 0.0476. The number of fused-ring (bicyclic) bond motifs is 1. The highest BCUT2D eigenvalue weighted by molar-refractivity contribution is 6.31. The largest absolute Gasteiger partial charge is 0.478 e. The quantitative estimate of drug-likeness (QED) is 0.388. The molecule has 0 saturated heterocycles. The van der Waals surface area contributed by atoms with E-state index in [4.69, 9.17) is 16.7 Å². The van der Waals surface area contributed by atoms with Gasteiger partial charge in [-0.05, 0) is 55.5 Å². The van der Waals surface area contributed by atoms with E-state index in [0.717, 1.165) is 10.9 Å². The number of benzene rings is 2. The molecule has 1 aromatic heterocycles. The fourth-order valence-corrected chi connectivity index (χ4v) is 2.79. The van der Waals surface area contributed by atoms with Crippen molar-refractivity contribution in [2.75, 3.05) is 5.32 Å². The summed E-state index contributed by atoms with van der Waals surface area (Å²) < 4.78 is 0. The van der Waals surface area contributed by atoms with Gasteiger partial charge in [0.25, 0.3) is 5.91 Å². The first kappa shape index (κ1) is 19.1. The van der Waals surface area contributed by atoms with Gasteiger partial charge in [0.2, 0.25) is 0 Å². The second-order valence-electron chi connectivity index (χ2n) is 6.07. The Morgan fingerprint density at radius 1 is 1.18 bits per heavy atom. The molecule has 0 saturated carbocycles. The lowest BCUT2D eigenvalue weighted by atomic mass is 10.1. The average molecular weight is 392 g/mol. The van der Waals surface area contributed by atoms with Gasteiger partial charge >= 0.3 is 5.97 Å². The number of halogens is 1. The van der Waals surface area contributed by atoms with Gasteiger partial charge in [-0.1, -0.05) is 23.2 Å². The molecule has 0 bridgehead atoms. The Bertz CT molecular complexity index is 1160. The van der Waals surface area contributed by atoms with Crippen LogP contribution in [-0.4, -0.2) is 22.0 Å². The molecule has 3 rings (SSSR count). The van der Waals surface area contributed by atoms with Crippen molar-refractivity contribution in [3.8, 4) is 6.07 Å². The van der Waals surface area contributed by atoms with E-state index in [0.29, 0.717) is 16.8 Å². The summed E-state index contributed by atoms with van der Waals surface area (Å²) in [5.74, 6) is -1.70. The molecule has 0 aliphatic rings. The van der Waals surface area contributed by atoms with E-state index in [2.05, 4.69) is 10.3 Å². The lowest BCUT2D eigenvalue weighted by Crippen LogP contribution is -2.13. The van der Waals surface area contributed by atoms with Crippen molar-refractivity contribution >= 4 is 46.1 Å². The van der Waals surface area contributed by atoms with Crippen molar-refractivity contribution in [1.82, 2.24) is 4.98 Å². The number of pyridine rings is 1. The van der Waals surface area contributed by atoms with Gasteiger partial charge in [-0.15, -0.1) is 0 Å². The number of carboxylic acids is 1. The molecule has 6 nitrogen and oxygen atoms in total. The summed E-state index contributed by atoms with van der Waals surface area (Å²) in [7, 11) is 0. The number of carbonyl (C=O) groups excluding carboxylic acids is 1. The minimum absolute atomic E-state index is 0.0957. The molecule has 7 heteroatoms. The third kappa shape index (κ3) is 4.17. The van der Waals surface area contributed by atoms with E-state index in [-0.39, 0.29) is 16.3 Å². The normalized spacial score (nSPS) is 11.1. The Morgan fingerprint density at radius 3 is 2.54 bits per heavy atom. The molecule has 0 aliphatic carbocycles. The maximum Gasteiger partial charge on any atom is 0.335 e. The van der Waals surface area contributed by atoms with Gasteiger partial charge in [-0.3, -0.25) is 4.79 Å². The van der Waals surface area contributed by atoms with Crippen LogP contribution in [0.3, 0.4) is 0 Å². The topological polar surface area (TPSA) is 103 Å². The Kier molecular flexibility index (Phi) is 5.39. The molecule has 138 valence electrons. The number of hydrogen-bond donors (Lipinski definition) is 2. The number of rotatable bonds is 4. The molecule has 3 aromatic rings. The number of carbonyl (C=O) groups is 2. The molecule has 0 aliphatic heterocycles. The van der Waals surface area contributed by atoms with Gasteiger partial charge in [0, 0.05) is 16.6 Å². The van der Waals surface area contributed by atoms with Gasteiger partial charge in [-0.2, -0.15) is 5.26 Å². The van der Waals surface area contributed by atoms with E-state index in [9.17, 15) is 14.9 Å². The van der Waals surface area contributed by atoms with Crippen LogP contribution in [0.15, 0.2) is 54.1 Å². The van der Waals surface area contributed by atoms with Crippen LogP contribution in [0.25, 0.3) is 17.0 Å². The van der Waals surface area contributed by atoms with Crippen LogP contribution in [0.2, 0.25) is 5.15 Å². The lowest BCUT2D eigenvalue weighted by molar-refractivity contribution is -0.112. The van der Waals surface area contributed by atoms with Crippen molar-refractivity contribution in [3.63, 3.8) is 0 Å². The predicted molar refractivity (Wildman–Crippen MR) is 107 cm³/mol. The number of aromatic nitrogens is 1. The van der Waals surface area contributed by atoms with Gasteiger partial charge in [0.05, 0.1) is 11.1 Å². The Balaban J connectivity index is 1.89. The SMILES string of the molecule is Cc1ccc2nc(Cl)c(/C=C(/C#N)C(=O)Nc3ccc(C(=O)O)cc3)cc2c1. The van der Waals surface area contributed by atoms with E-state index < -0.39 is 11.9 Å². The van der Waals surface area contributed by atoms with Gasteiger partial charge < -0.3 is 10.4 Å². The first-order valence-corrected chi connectivity index (χ1v) is 8.58. The van der Waals surface area contributed by atoms with Crippen molar-refractivity contribution in [1.29, 1.82) is 5.26 Å². The third-order valence-corrected chi connectivity index (χ3v) is 4.31. The van der Waals surface area contributed by atoms with Crippen LogP contribution in [0.4, 0.5) is 5.69 Å². The van der Waals surface area contributed by atoms with Crippen molar-refractivity contribution in [2.24, 2.45) is 0 Å². The third-order valence-electron chi connectivity index (χ3n) is 4.01. The number of hydrogen-bond acceptors (Lipinski definition) is 4. The molecule has 0 fully saturated rings. The number of carboxylic acid groups (broad SMARTS) is 1. The van der Waals surface area contributed by atoms with E-state index in [1.54, 1.807) is 6.07 Å². The first-order chi connectivity index (χ1) is 13.4. The zero-order valence-corrected chi connectivity index (χ0v) is 15.5. The fourth-order valence-electron chi connectivity index (χ4n) is 2.59. The van der Waals surface area contributed by atoms with Crippen molar-refractivity contribution < 1.29 is 14.7 Å². The number of nitriles is 1. The molecule has 2 N–H and O–H groups in total. The number of anilines is 1. The summed E-state index contributed by atoms with van der Waals surface area (Å²) >= 11 is 6.20. The summed E-state index contributed by atoms with van der Waals surface area (Å²) in [5.41, 5.74) is 2.53. The number of nitrogens with one attached hydrogen (secondary N) is 1. The monoisotopic (exact) mass is 391 g/mol. The highest BCUT2D eigenvalue weighted by Crippen LogP contribution is 2.24. The Morgan fingerprint density at radius 2 is 1.89 bits per heavy atom. The molecule has 0 atom stereocenters. The van der Waals surface area contributed by atoms with Crippen LogP contribution in [-0.2, 0) is 4.79 Å².